The van der Waals surface area contributed by atoms with Crippen molar-refractivity contribution in [3.63, 3.8) is 0 Å². The molecule has 2 aromatic carbocycles. The minimum Gasteiger partial charge on any atom is -0.461 e. The fraction of sp³-hybridized carbons (Fsp3) is 0.158. The van der Waals surface area contributed by atoms with Gasteiger partial charge in [0.15, 0.2) is 0 Å². The molecule has 0 fully saturated rings. The van der Waals surface area contributed by atoms with Gasteiger partial charge in [-0.15, -0.1) is 6.58 Å². The Morgan fingerprint density at radius 3 is 2.45 bits per heavy atom. The molecule has 0 amide bonds. The minimum absolute atomic E-state index is 0.862. The molecule has 1 nitrogen and oxygen atoms in total. The Morgan fingerprint density at radius 2 is 1.65 bits per heavy atom. The maximum Gasteiger partial charge on any atom is 0.134 e. The van der Waals surface area contributed by atoms with Crippen molar-refractivity contribution < 1.29 is 4.42 Å². The average Bonchev–Trinajstić information content (AvgIpc) is 2.85. The van der Waals surface area contributed by atoms with Crippen LogP contribution in [0, 0.1) is 0 Å². The third kappa shape index (κ3) is 2.53. The van der Waals surface area contributed by atoms with Gasteiger partial charge in [0.2, 0.25) is 0 Å². The molecule has 1 heteroatoms. The summed E-state index contributed by atoms with van der Waals surface area (Å²) in [6.45, 7) is 3.86. The van der Waals surface area contributed by atoms with Gasteiger partial charge < -0.3 is 4.42 Å². The quantitative estimate of drug-likeness (QED) is 0.593. The van der Waals surface area contributed by atoms with Gasteiger partial charge in [0.1, 0.15) is 11.3 Å². The van der Waals surface area contributed by atoms with E-state index in [-0.39, 0.29) is 0 Å². The van der Waals surface area contributed by atoms with Crippen LogP contribution in [0.3, 0.4) is 0 Å². The Bertz CT molecular complexity index is 707. The van der Waals surface area contributed by atoms with Crippen LogP contribution in [0.4, 0.5) is 0 Å². The zero-order chi connectivity index (χ0) is 13.8. The van der Waals surface area contributed by atoms with E-state index in [1.54, 1.807) is 0 Å². The van der Waals surface area contributed by atoms with Gasteiger partial charge in [-0.2, -0.15) is 0 Å². The zero-order valence-electron chi connectivity index (χ0n) is 11.5. The van der Waals surface area contributed by atoms with Crippen LogP contribution < -0.4 is 0 Å². The summed E-state index contributed by atoms with van der Waals surface area (Å²) in [7, 11) is 0. The van der Waals surface area contributed by atoms with Crippen LogP contribution in [-0.2, 0) is 19.3 Å². The summed E-state index contributed by atoms with van der Waals surface area (Å²) < 4.78 is 6.03. The predicted octanol–water partition coefficient (Wildman–Crippen LogP) is 4.95. The molecule has 3 rings (SSSR count). The third-order valence-electron chi connectivity index (χ3n) is 3.61. The van der Waals surface area contributed by atoms with Gasteiger partial charge in [-0.25, -0.2) is 0 Å². The SMILES string of the molecule is C=CCc1c(CCc2ccccc2)oc2ccccc12. The van der Waals surface area contributed by atoms with Gasteiger partial charge in [-0.1, -0.05) is 54.6 Å². The lowest BCUT2D eigenvalue weighted by Gasteiger charge is -2.01. The molecule has 0 radical (unpaired) electrons. The van der Waals surface area contributed by atoms with E-state index < -0.39 is 0 Å². The van der Waals surface area contributed by atoms with Gasteiger partial charge in [0.25, 0.3) is 0 Å². The molecule has 100 valence electrons. The second-order valence-electron chi connectivity index (χ2n) is 4.98. The van der Waals surface area contributed by atoms with Crippen molar-refractivity contribution >= 4 is 11.0 Å². The molecule has 0 atom stereocenters. The lowest BCUT2D eigenvalue weighted by atomic mass is 10.0. The number of furan rings is 1. The molecule has 20 heavy (non-hydrogen) atoms. The molecule has 0 saturated heterocycles. The summed E-state index contributed by atoms with van der Waals surface area (Å²) in [6, 6.07) is 18.8. The summed E-state index contributed by atoms with van der Waals surface area (Å²) in [5.41, 5.74) is 3.61. The van der Waals surface area contributed by atoms with Crippen LogP contribution in [0.15, 0.2) is 71.7 Å². The molecule has 0 aliphatic carbocycles. The first-order chi connectivity index (χ1) is 9.88. The first-order valence-corrected chi connectivity index (χ1v) is 7.02. The Hall–Kier alpha value is -2.28. The van der Waals surface area contributed by atoms with E-state index in [4.69, 9.17) is 4.42 Å². The fourth-order valence-electron chi connectivity index (χ4n) is 2.62. The normalized spacial score (nSPS) is 10.8. The highest BCUT2D eigenvalue weighted by atomic mass is 16.3. The molecule has 1 aromatic heterocycles. The minimum atomic E-state index is 0.862. The van der Waals surface area contributed by atoms with Crippen LogP contribution in [0.5, 0.6) is 0 Å². The number of para-hydroxylation sites is 1. The fourth-order valence-corrected chi connectivity index (χ4v) is 2.62. The molecule has 0 unspecified atom stereocenters. The van der Waals surface area contributed by atoms with E-state index in [9.17, 15) is 0 Å². The smallest absolute Gasteiger partial charge is 0.134 e. The van der Waals surface area contributed by atoms with Crippen LogP contribution in [-0.4, -0.2) is 0 Å². The second kappa shape index (κ2) is 5.79. The van der Waals surface area contributed by atoms with E-state index in [1.165, 1.54) is 16.5 Å². The Kier molecular flexibility index (Phi) is 3.69. The summed E-state index contributed by atoms with van der Waals surface area (Å²) in [5.74, 6) is 1.09. The van der Waals surface area contributed by atoms with E-state index in [0.29, 0.717) is 0 Å². The first kappa shape index (κ1) is 12.7. The van der Waals surface area contributed by atoms with Crippen LogP contribution in [0.2, 0.25) is 0 Å². The van der Waals surface area contributed by atoms with Crippen molar-refractivity contribution in [2.45, 2.75) is 19.3 Å². The lowest BCUT2D eigenvalue weighted by Crippen LogP contribution is -1.93. The Labute approximate surface area is 119 Å². The van der Waals surface area contributed by atoms with Crippen molar-refractivity contribution in [3.05, 3.63) is 84.1 Å². The average molecular weight is 262 g/mol. The number of hydrogen-bond acceptors (Lipinski definition) is 1. The number of allylic oxidation sites excluding steroid dienone is 1. The predicted molar refractivity (Wildman–Crippen MR) is 84.0 cm³/mol. The van der Waals surface area contributed by atoms with Crippen LogP contribution in [0.1, 0.15) is 16.9 Å². The van der Waals surface area contributed by atoms with Crippen LogP contribution in [0.25, 0.3) is 11.0 Å². The van der Waals surface area contributed by atoms with Crippen LogP contribution >= 0.6 is 0 Å². The maximum absolute atomic E-state index is 6.03. The highest BCUT2D eigenvalue weighted by molar-refractivity contribution is 5.82. The topological polar surface area (TPSA) is 13.1 Å². The molecule has 0 aliphatic heterocycles. The molecule has 0 bridgehead atoms. The summed E-state index contributed by atoms with van der Waals surface area (Å²) in [4.78, 5) is 0. The molecule has 0 spiro atoms. The van der Waals surface area contributed by atoms with Crippen molar-refractivity contribution in [3.8, 4) is 0 Å². The van der Waals surface area contributed by atoms with Gasteiger partial charge in [-0.05, 0) is 24.5 Å². The highest BCUT2D eigenvalue weighted by Gasteiger charge is 2.12. The van der Waals surface area contributed by atoms with Gasteiger partial charge in [0, 0.05) is 17.4 Å². The summed E-state index contributed by atoms with van der Waals surface area (Å²) >= 11 is 0. The van der Waals surface area contributed by atoms with Gasteiger partial charge >= 0.3 is 0 Å². The second-order valence-corrected chi connectivity index (χ2v) is 4.98. The standard InChI is InChI=1S/C19H18O/c1-2-8-16-17-11-6-7-12-18(17)20-19(16)14-13-15-9-4-3-5-10-15/h2-7,9-12H,1,8,13-14H2. The highest BCUT2D eigenvalue weighted by Crippen LogP contribution is 2.27. The van der Waals surface area contributed by atoms with Crippen molar-refractivity contribution in [1.82, 2.24) is 0 Å². The van der Waals surface area contributed by atoms with Crippen molar-refractivity contribution in [2.75, 3.05) is 0 Å². The zero-order valence-corrected chi connectivity index (χ0v) is 11.5. The molecular weight excluding hydrogens is 244 g/mol. The Balaban J connectivity index is 1.90. The molecule has 0 saturated carbocycles. The largest absolute Gasteiger partial charge is 0.461 e. The molecule has 3 aromatic rings. The third-order valence-corrected chi connectivity index (χ3v) is 3.61. The first-order valence-electron chi connectivity index (χ1n) is 7.02. The van der Waals surface area contributed by atoms with E-state index in [2.05, 4.69) is 43.0 Å². The molecule has 0 N–H and O–H groups in total. The van der Waals surface area contributed by atoms with E-state index >= 15 is 0 Å². The summed E-state index contributed by atoms with van der Waals surface area (Å²) in [6.07, 6.45) is 4.75. The monoisotopic (exact) mass is 262 g/mol. The number of aryl methyl sites for hydroxylation is 2. The van der Waals surface area contributed by atoms with Crippen molar-refractivity contribution in [1.29, 1.82) is 0 Å². The molecular formula is C19H18O. The number of rotatable bonds is 5. The number of benzene rings is 2. The van der Waals surface area contributed by atoms with Crippen molar-refractivity contribution in [2.24, 2.45) is 0 Å². The number of hydrogen-bond donors (Lipinski definition) is 0. The molecule has 1 heterocycles. The van der Waals surface area contributed by atoms with Gasteiger partial charge in [-0.3, -0.25) is 0 Å². The van der Waals surface area contributed by atoms with Gasteiger partial charge in [0.05, 0.1) is 0 Å². The van der Waals surface area contributed by atoms with E-state index in [1.807, 2.05) is 24.3 Å². The summed E-state index contributed by atoms with van der Waals surface area (Å²) in [5, 5.41) is 1.22. The number of fused-ring (bicyclic) bond motifs is 1. The molecule has 0 aliphatic rings. The lowest BCUT2D eigenvalue weighted by molar-refractivity contribution is 0.542. The Morgan fingerprint density at radius 1 is 0.900 bits per heavy atom. The van der Waals surface area contributed by atoms with E-state index in [0.717, 1.165) is 30.6 Å². The maximum atomic E-state index is 6.03.